The van der Waals surface area contributed by atoms with Crippen LogP contribution in [0.2, 0.25) is 0 Å². The molecule has 4 aromatic rings. The van der Waals surface area contributed by atoms with E-state index in [1.165, 1.54) is 39.6 Å². The molecule has 0 saturated heterocycles. The van der Waals surface area contributed by atoms with Crippen LogP contribution in [0.4, 0.5) is 0 Å². The molecule has 5 rings (SSSR count). The molecule has 1 aliphatic rings. The molecule has 3 heterocycles. The van der Waals surface area contributed by atoms with Crippen molar-refractivity contribution in [2.45, 2.75) is 55.6 Å². The van der Waals surface area contributed by atoms with Gasteiger partial charge in [-0.05, 0) is 24.3 Å². The van der Waals surface area contributed by atoms with Crippen LogP contribution in [0.15, 0.2) is 72.8 Å². The van der Waals surface area contributed by atoms with E-state index in [0.717, 1.165) is 0 Å². The van der Waals surface area contributed by atoms with Gasteiger partial charge >= 0.3 is 6.17 Å². The van der Waals surface area contributed by atoms with Gasteiger partial charge in [0, 0.05) is 35.0 Å². The number of nitrogens with zero attached hydrogens (tertiary/aromatic N) is 2. The minimum Gasteiger partial charge on any atom is -0.124 e. The number of para-hydroxylation sites is 2. The Hall–Kier alpha value is -2.74. The van der Waals surface area contributed by atoms with Crippen LogP contribution in [0.25, 0.3) is 33.2 Å². The molecule has 0 bridgehead atoms. The zero-order valence-electron chi connectivity index (χ0n) is 15.1. The second kappa shape index (κ2) is 9.45. The largest absolute Gasteiger partial charge is 0.351 e. The third-order valence-corrected chi connectivity index (χ3v) is 4.76. The van der Waals surface area contributed by atoms with E-state index in [1.807, 2.05) is 0 Å². The Bertz CT molecular complexity index is 981. The standard InChI is InChI=1S/C20H16N2.C3H8.3CH4/c1-14-21-17-8-4-2-6-15(17)10-12-19(21)20-13-11-16-7-3-5-9-18(16)22(14)20;1-3-2;;;/h2-14H,1H3;3H2,1-2H3;3*1H4/q+2;;;;. The van der Waals surface area contributed by atoms with Gasteiger partial charge < -0.3 is 0 Å². The molecule has 2 aromatic heterocycles. The summed E-state index contributed by atoms with van der Waals surface area (Å²) in [5.41, 5.74) is 5.16. The Morgan fingerprint density at radius 3 is 1.36 bits per heavy atom. The lowest BCUT2D eigenvalue weighted by atomic mass is 10.1. The predicted octanol–water partition coefficient (Wildman–Crippen LogP) is 6.94. The Labute approximate surface area is 171 Å². The van der Waals surface area contributed by atoms with E-state index in [0.29, 0.717) is 0 Å². The van der Waals surface area contributed by atoms with Crippen molar-refractivity contribution in [3.8, 4) is 11.4 Å². The van der Waals surface area contributed by atoms with E-state index in [2.05, 4.69) is 103 Å². The molecule has 28 heavy (non-hydrogen) atoms. The quantitative estimate of drug-likeness (QED) is 0.294. The highest BCUT2D eigenvalue weighted by molar-refractivity contribution is 5.79. The number of fused-ring (bicyclic) bond motifs is 7. The summed E-state index contributed by atoms with van der Waals surface area (Å²) in [6.07, 6.45) is 1.53. The van der Waals surface area contributed by atoms with Crippen molar-refractivity contribution in [1.29, 1.82) is 0 Å². The highest BCUT2D eigenvalue weighted by atomic mass is 15.3. The molecule has 0 amide bonds. The van der Waals surface area contributed by atoms with Crippen LogP contribution in [0.5, 0.6) is 0 Å². The maximum absolute atomic E-state index is 2.44. The number of rotatable bonds is 0. The number of hydrogen-bond acceptors (Lipinski definition) is 0. The average molecular weight is 377 g/mol. The Balaban J connectivity index is 0.000000618. The molecule has 0 radical (unpaired) electrons. The lowest BCUT2D eigenvalue weighted by molar-refractivity contribution is -0.884. The van der Waals surface area contributed by atoms with Crippen molar-refractivity contribution in [3.63, 3.8) is 0 Å². The molecule has 0 spiro atoms. The Morgan fingerprint density at radius 2 is 0.964 bits per heavy atom. The summed E-state index contributed by atoms with van der Waals surface area (Å²) in [5.74, 6) is 0. The lowest BCUT2D eigenvalue weighted by Gasteiger charge is -2.01. The van der Waals surface area contributed by atoms with Gasteiger partial charge in [-0.15, -0.1) is 9.13 Å². The van der Waals surface area contributed by atoms with Crippen LogP contribution >= 0.6 is 0 Å². The SMILES string of the molecule is C.C.C.CC1[n+]2c(ccc3ccccc32)-c2ccc3ccccc3[n+]21.CCC. The van der Waals surface area contributed by atoms with Gasteiger partial charge in [-0.1, -0.05) is 66.8 Å². The first kappa shape index (κ1) is 23.3. The van der Waals surface area contributed by atoms with Gasteiger partial charge in [-0.2, -0.15) is 0 Å². The van der Waals surface area contributed by atoms with E-state index in [4.69, 9.17) is 0 Å². The molecule has 0 unspecified atom stereocenters. The van der Waals surface area contributed by atoms with Crippen LogP contribution < -0.4 is 9.13 Å². The molecule has 2 aromatic carbocycles. The maximum atomic E-state index is 2.44. The predicted molar refractivity (Wildman–Crippen MR) is 124 cm³/mol. The topological polar surface area (TPSA) is 7.76 Å². The van der Waals surface area contributed by atoms with E-state index in [1.54, 1.807) is 0 Å². The summed E-state index contributed by atoms with van der Waals surface area (Å²) in [6, 6.07) is 26.2. The summed E-state index contributed by atoms with van der Waals surface area (Å²) >= 11 is 0. The summed E-state index contributed by atoms with van der Waals surface area (Å²) < 4.78 is 4.88. The number of pyridine rings is 2. The third-order valence-electron chi connectivity index (χ3n) is 4.76. The van der Waals surface area contributed by atoms with Crippen molar-refractivity contribution in [2.75, 3.05) is 0 Å². The second-order valence-electron chi connectivity index (χ2n) is 6.63. The fourth-order valence-corrected chi connectivity index (χ4v) is 3.79. The van der Waals surface area contributed by atoms with Crippen LogP contribution in [0.3, 0.4) is 0 Å². The van der Waals surface area contributed by atoms with Gasteiger partial charge in [0.25, 0.3) is 11.4 Å². The number of benzene rings is 2. The van der Waals surface area contributed by atoms with Gasteiger partial charge in [-0.25, -0.2) is 0 Å². The zero-order valence-corrected chi connectivity index (χ0v) is 15.1. The fraction of sp³-hybridized carbons (Fsp3) is 0.308. The molecule has 0 aliphatic carbocycles. The Kier molecular flexibility index (Phi) is 7.87. The minimum atomic E-state index is 0. The first-order valence-corrected chi connectivity index (χ1v) is 9.13. The van der Waals surface area contributed by atoms with Crippen molar-refractivity contribution in [1.82, 2.24) is 0 Å². The van der Waals surface area contributed by atoms with E-state index in [-0.39, 0.29) is 28.4 Å². The lowest BCUT2D eigenvalue weighted by Crippen LogP contribution is -2.50. The molecule has 148 valence electrons. The first-order chi connectivity index (χ1) is 12.3. The van der Waals surface area contributed by atoms with Crippen LogP contribution in [0, 0.1) is 0 Å². The van der Waals surface area contributed by atoms with Crippen molar-refractivity contribution < 1.29 is 9.13 Å². The van der Waals surface area contributed by atoms with Crippen LogP contribution in [-0.2, 0) is 0 Å². The molecule has 1 aliphatic heterocycles. The normalized spacial score (nSPS) is 11.2. The molecule has 2 heteroatoms. The van der Waals surface area contributed by atoms with Crippen molar-refractivity contribution >= 4 is 21.8 Å². The number of hydrogen-bond donors (Lipinski definition) is 0. The maximum Gasteiger partial charge on any atom is 0.351 e. The molecule has 0 atom stereocenters. The van der Waals surface area contributed by atoms with E-state index >= 15 is 0 Å². The first-order valence-electron chi connectivity index (χ1n) is 9.13. The fourth-order valence-electron chi connectivity index (χ4n) is 3.79. The van der Waals surface area contributed by atoms with Gasteiger partial charge in [0.15, 0.2) is 0 Å². The zero-order chi connectivity index (χ0) is 17.4. The summed E-state index contributed by atoms with van der Waals surface area (Å²) in [6.45, 7) is 6.53. The van der Waals surface area contributed by atoms with E-state index in [9.17, 15) is 0 Å². The second-order valence-corrected chi connectivity index (χ2v) is 6.63. The highest BCUT2D eigenvalue weighted by Crippen LogP contribution is 2.26. The minimum absolute atomic E-state index is 0. The van der Waals surface area contributed by atoms with Crippen LogP contribution in [-0.4, -0.2) is 0 Å². The van der Waals surface area contributed by atoms with Crippen LogP contribution in [0.1, 0.15) is 55.6 Å². The Morgan fingerprint density at radius 1 is 0.607 bits per heavy atom. The molecular formula is C26H36N2+2. The van der Waals surface area contributed by atoms with Crippen molar-refractivity contribution in [2.24, 2.45) is 0 Å². The molecular weight excluding hydrogens is 340 g/mol. The molecule has 0 saturated carbocycles. The molecule has 0 fully saturated rings. The summed E-state index contributed by atoms with van der Waals surface area (Å²) in [7, 11) is 0. The van der Waals surface area contributed by atoms with Gasteiger partial charge in [0.05, 0.1) is 6.92 Å². The van der Waals surface area contributed by atoms with E-state index < -0.39 is 0 Å². The van der Waals surface area contributed by atoms with Gasteiger partial charge in [-0.3, -0.25) is 0 Å². The third kappa shape index (κ3) is 3.52. The summed E-state index contributed by atoms with van der Waals surface area (Å²) in [5, 5.41) is 2.58. The summed E-state index contributed by atoms with van der Waals surface area (Å²) in [4.78, 5) is 0. The molecule has 2 nitrogen and oxygen atoms in total. The van der Waals surface area contributed by atoms with Gasteiger partial charge in [0.1, 0.15) is 0 Å². The highest BCUT2D eigenvalue weighted by Gasteiger charge is 2.43. The van der Waals surface area contributed by atoms with Gasteiger partial charge in [0.2, 0.25) is 11.0 Å². The smallest absolute Gasteiger partial charge is 0.124 e. The average Bonchev–Trinajstić information content (AvgIpc) is 2.96. The molecule has 0 N–H and O–H groups in total. The van der Waals surface area contributed by atoms with Crippen molar-refractivity contribution in [3.05, 3.63) is 72.8 Å². The number of aromatic nitrogens is 2. The monoisotopic (exact) mass is 376 g/mol.